The molecule has 1 aromatic carbocycles. The molecule has 0 saturated carbocycles. The van der Waals surface area contributed by atoms with Crippen LogP contribution in [0, 0.1) is 5.82 Å². The highest BCUT2D eigenvalue weighted by Gasteiger charge is 2.08. The van der Waals surface area contributed by atoms with Gasteiger partial charge in [0.05, 0.1) is 0 Å². The third-order valence-electron chi connectivity index (χ3n) is 2.32. The summed E-state index contributed by atoms with van der Waals surface area (Å²) in [6.07, 6.45) is 4.86. The van der Waals surface area contributed by atoms with Crippen LogP contribution in [-0.4, -0.2) is 24.5 Å². The van der Waals surface area contributed by atoms with E-state index in [1.165, 1.54) is 23.9 Å². The standard InChI is InChI=1S/C12H7ClFN5S/c13-10-16-11(19-5-4-15-7-19)18-12(17-10)20-9-3-1-2-8(14)6-9/h1-7H. The van der Waals surface area contributed by atoms with Gasteiger partial charge in [-0.2, -0.15) is 15.0 Å². The van der Waals surface area contributed by atoms with E-state index in [1.807, 2.05) is 0 Å². The van der Waals surface area contributed by atoms with Gasteiger partial charge >= 0.3 is 0 Å². The molecule has 0 aliphatic rings. The zero-order valence-electron chi connectivity index (χ0n) is 9.94. The van der Waals surface area contributed by atoms with Gasteiger partial charge in [0.2, 0.25) is 11.2 Å². The van der Waals surface area contributed by atoms with Crippen molar-refractivity contribution in [2.45, 2.75) is 10.1 Å². The van der Waals surface area contributed by atoms with Crippen LogP contribution in [0.1, 0.15) is 0 Å². The molecule has 20 heavy (non-hydrogen) atoms. The van der Waals surface area contributed by atoms with Crippen LogP contribution in [0.4, 0.5) is 4.39 Å². The van der Waals surface area contributed by atoms with Gasteiger partial charge in [0, 0.05) is 17.3 Å². The van der Waals surface area contributed by atoms with Crippen LogP contribution in [-0.2, 0) is 0 Å². The predicted molar refractivity (Wildman–Crippen MR) is 72.5 cm³/mol. The van der Waals surface area contributed by atoms with E-state index >= 15 is 0 Å². The molecule has 5 nitrogen and oxygen atoms in total. The third-order valence-corrected chi connectivity index (χ3v) is 3.34. The second kappa shape index (κ2) is 5.56. The zero-order chi connectivity index (χ0) is 13.9. The molecule has 2 heterocycles. The van der Waals surface area contributed by atoms with Crippen molar-refractivity contribution < 1.29 is 4.39 Å². The summed E-state index contributed by atoms with van der Waals surface area (Å²) in [6.45, 7) is 0. The van der Waals surface area contributed by atoms with E-state index in [0.717, 1.165) is 0 Å². The summed E-state index contributed by atoms with van der Waals surface area (Å²) in [7, 11) is 0. The van der Waals surface area contributed by atoms with Gasteiger partial charge in [-0.15, -0.1) is 0 Å². The molecule has 0 amide bonds. The van der Waals surface area contributed by atoms with E-state index in [2.05, 4.69) is 19.9 Å². The third kappa shape index (κ3) is 2.94. The molecule has 0 N–H and O–H groups in total. The Morgan fingerprint density at radius 2 is 2.10 bits per heavy atom. The van der Waals surface area contributed by atoms with Crippen molar-refractivity contribution in [2.75, 3.05) is 0 Å². The zero-order valence-corrected chi connectivity index (χ0v) is 11.5. The molecular formula is C12H7ClFN5S. The summed E-state index contributed by atoms with van der Waals surface area (Å²) in [5.41, 5.74) is 0. The summed E-state index contributed by atoms with van der Waals surface area (Å²) in [5.74, 6) is 0.0476. The van der Waals surface area contributed by atoms with Crippen LogP contribution in [0.5, 0.6) is 0 Å². The SMILES string of the molecule is Fc1cccc(Sc2nc(Cl)nc(-n3ccnc3)n2)c1. The van der Waals surface area contributed by atoms with E-state index in [0.29, 0.717) is 16.0 Å². The maximum atomic E-state index is 13.1. The molecule has 0 unspecified atom stereocenters. The van der Waals surface area contributed by atoms with Crippen LogP contribution < -0.4 is 0 Å². The summed E-state index contributed by atoms with van der Waals surface area (Å²) >= 11 is 7.09. The number of halogens is 2. The average molecular weight is 308 g/mol. The van der Waals surface area contributed by atoms with E-state index in [-0.39, 0.29) is 11.1 Å². The molecule has 0 atom stereocenters. The number of benzene rings is 1. The molecule has 3 rings (SSSR count). The number of rotatable bonds is 3. The topological polar surface area (TPSA) is 56.5 Å². The second-order valence-corrected chi connectivity index (χ2v) is 5.10. The van der Waals surface area contributed by atoms with Crippen molar-refractivity contribution in [1.82, 2.24) is 24.5 Å². The molecule has 0 fully saturated rings. The molecule has 0 spiro atoms. The Balaban J connectivity index is 1.94. The summed E-state index contributed by atoms with van der Waals surface area (Å²) in [5, 5.41) is 0.460. The van der Waals surface area contributed by atoms with Crippen LogP contribution in [0.25, 0.3) is 5.95 Å². The van der Waals surface area contributed by atoms with Crippen molar-refractivity contribution in [1.29, 1.82) is 0 Å². The first kappa shape index (κ1) is 13.0. The highest BCUT2D eigenvalue weighted by molar-refractivity contribution is 7.99. The number of aromatic nitrogens is 5. The fraction of sp³-hybridized carbons (Fsp3) is 0. The van der Waals surface area contributed by atoms with Gasteiger partial charge in [-0.1, -0.05) is 6.07 Å². The van der Waals surface area contributed by atoms with Crippen molar-refractivity contribution in [3.63, 3.8) is 0 Å². The molecule has 8 heteroatoms. The first-order chi connectivity index (χ1) is 9.70. The molecule has 0 bridgehead atoms. The monoisotopic (exact) mass is 307 g/mol. The lowest BCUT2D eigenvalue weighted by molar-refractivity contribution is 0.624. The normalized spacial score (nSPS) is 10.7. The number of hydrogen-bond donors (Lipinski definition) is 0. The highest BCUT2D eigenvalue weighted by Crippen LogP contribution is 2.26. The lowest BCUT2D eigenvalue weighted by Gasteiger charge is -2.04. The average Bonchev–Trinajstić information content (AvgIpc) is 2.91. The molecule has 3 aromatic rings. The Hall–Kier alpha value is -1.99. The minimum absolute atomic E-state index is 0.0719. The Kier molecular flexibility index (Phi) is 3.62. The van der Waals surface area contributed by atoms with Crippen molar-refractivity contribution in [2.24, 2.45) is 0 Å². The first-order valence-electron chi connectivity index (χ1n) is 5.54. The van der Waals surface area contributed by atoms with Gasteiger partial charge in [-0.05, 0) is 41.6 Å². The maximum Gasteiger partial charge on any atom is 0.240 e. The van der Waals surface area contributed by atoms with Crippen LogP contribution in [0.15, 0.2) is 53.0 Å². The van der Waals surface area contributed by atoms with Gasteiger partial charge in [-0.3, -0.25) is 4.57 Å². The largest absolute Gasteiger partial charge is 0.274 e. The van der Waals surface area contributed by atoms with E-state index in [9.17, 15) is 4.39 Å². The van der Waals surface area contributed by atoms with Gasteiger partial charge in [0.15, 0.2) is 5.16 Å². The summed E-state index contributed by atoms with van der Waals surface area (Å²) in [4.78, 5) is 16.9. The molecule has 0 aliphatic carbocycles. The summed E-state index contributed by atoms with van der Waals surface area (Å²) in [6, 6.07) is 6.17. The number of nitrogens with zero attached hydrogens (tertiary/aromatic N) is 5. The van der Waals surface area contributed by atoms with Crippen LogP contribution in [0.3, 0.4) is 0 Å². The second-order valence-electron chi connectivity index (χ2n) is 3.72. The fourth-order valence-corrected chi connectivity index (χ4v) is 2.49. The minimum atomic E-state index is -0.315. The van der Waals surface area contributed by atoms with E-state index in [1.54, 1.807) is 35.4 Å². The van der Waals surface area contributed by atoms with Crippen molar-refractivity contribution in [3.05, 3.63) is 54.1 Å². The van der Waals surface area contributed by atoms with Gasteiger partial charge in [0.1, 0.15) is 12.1 Å². The smallest absolute Gasteiger partial charge is 0.240 e. The van der Waals surface area contributed by atoms with E-state index < -0.39 is 0 Å². The maximum absolute atomic E-state index is 13.1. The Morgan fingerprint density at radius 1 is 1.20 bits per heavy atom. The van der Waals surface area contributed by atoms with Gasteiger partial charge in [-0.25, -0.2) is 9.37 Å². The van der Waals surface area contributed by atoms with Crippen LogP contribution >= 0.6 is 23.4 Å². The minimum Gasteiger partial charge on any atom is -0.274 e. The molecule has 0 saturated heterocycles. The summed E-state index contributed by atoms with van der Waals surface area (Å²) < 4.78 is 14.8. The lowest BCUT2D eigenvalue weighted by Crippen LogP contribution is -2.02. The van der Waals surface area contributed by atoms with Gasteiger partial charge < -0.3 is 0 Å². The Labute approximate surface area is 122 Å². The molecule has 0 radical (unpaired) electrons. The lowest BCUT2D eigenvalue weighted by atomic mass is 10.4. The van der Waals surface area contributed by atoms with Crippen molar-refractivity contribution in [3.8, 4) is 5.95 Å². The van der Waals surface area contributed by atoms with Crippen LogP contribution in [0.2, 0.25) is 5.28 Å². The number of hydrogen-bond acceptors (Lipinski definition) is 5. The fourth-order valence-electron chi connectivity index (χ4n) is 1.50. The highest BCUT2D eigenvalue weighted by atomic mass is 35.5. The number of imidazole rings is 1. The quantitative estimate of drug-likeness (QED) is 0.744. The predicted octanol–water partition coefficient (Wildman–Crippen LogP) is 3.00. The first-order valence-corrected chi connectivity index (χ1v) is 6.73. The van der Waals surface area contributed by atoms with E-state index in [4.69, 9.17) is 11.6 Å². The molecule has 2 aromatic heterocycles. The van der Waals surface area contributed by atoms with Crippen molar-refractivity contribution >= 4 is 23.4 Å². The Morgan fingerprint density at radius 3 is 2.85 bits per heavy atom. The molecular weight excluding hydrogens is 301 g/mol. The molecule has 100 valence electrons. The molecule has 0 aliphatic heterocycles. The van der Waals surface area contributed by atoms with Gasteiger partial charge in [0.25, 0.3) is 0 Å². The Bertz CT molecular complexity index is 734.